The first-order chi connectivity index (χ1) is 14.6. The number of benzene rings is 2. The molecular formula is C26H37N2S2+. The van der Waals surface area contributed by atoms with Crippen LogP contribution in [0.4, 0.5) is 11.4 Å². The Labute approximate surface area is 192 Å². The number of rotatable bonds is 8. The number of thioether (sulfide) groups is 1. The third-order valence-corrected chi connectivity index (χ3v) is 8.98. The highest BCUT2D eigenvalue weighted by Crippen LogP contribution is 2.49. The van der Waals surface area contributed by atoms with E-state index in [1.807, 2.05) is 23.5 Å². The van der Waals surface area contributed by atoms with Crippen LogP contribution in [0.3, 0.4) is 0 Å². The van der Waals surface area contributed by atoms with Crippen LogP contribution in [0.1, 0.15) is 51.9 Å². The van der Waals surface area contributed by atoms with Crippen LogP contribution in [0.15, 0.2) is 57.2 Å². The molecule has 2 aromatic rings. The van der Waals surface area contributed by atoms with E-state index in [0.717, 1.165) is 12.6 Å². The summed E-state index contributed by atoms with van der Waals surface area (Å²) in [6, 6.07) is 16.8. The van der Waals surface area contributed by atoms with E-state index in [9.17, 15) is 0 Å². The van der Waals surface area contributed by atoms with Crippen LogP contribution in [-0.4, -0.2) is 43.5 Å². The van der Waals surface area contributed by atoms with Crippen LogP contribution >= 0.6 is 23.5 Å². The van der Waals surface area contributed by atoms with Crippen LogP contribution in [0.2, 0.25) is 0 Å². The number of nitrogens with zero attached hydrogens (tertiary/aromatic N) is 2. The summed E-state index contributed by atoms with van der Waals surface area (Å²) in [4.78, 5) is 6.77. The summed E-state index contributed by atoms with van der Waals surface area (Å²) in [5, 5.41) is 0. The zero-order valence-corrected chi connectivity index (χ0v) is 20.5. The fourth-order valence-corrected chi connectivity index (χ4v) is 6.79. The molecule has 1 fully saturated rings. The van der Waals surface area contributed by atoms with Gasteiger partial charge in [-0.1, -0.05) is 37.2 Å². The number of piperidine rings is 1. The minimum atomic E-state index is 0.796. The molecule has 1 saturated heterocycles. The summed E-state index contributed by atoms with van der Waals surface area (Å²) in [6.07, 6.45) is 11.7. The fraction of sp³-hybridized carbons (Fsp3) is 0.538. The van der Waals surface area contributed by atoms with Crippen molar-refractivity contribution in [2.45, 2.75) is 72.6 Å². The van der Waals surface area contributed by atoms with Crippen molar-refractivity contribution in [2.24, 2.45) is 0 Å². The highest BCUT2D eigenvalue weighted by Gasteiger charge is 2.35. The first kappa shape index (κ1) is 22.1. The third kappa shape index (κ3) is 4.71. The molecule has 4 rings (SSSR count). The topological polar surface area (TPSA) is 3.24 Å². The van der Waals surface area contributed by atoms with Gasteiger partial charge in [0.05, 0.1) is 37.6 Å². The summed E-state index contributed by atoms with van der Waals surface area (Å²) in [5.74, 6) is 0. The number of hydrogen-bond acceptors (Lipinski definition) is 3. The van der Waals surface area contributed by atoms with Gasteiger partial charge < -0.3 is 9.38 Å². The van der Waals surface area contributed by atoms with Crippen molar-refractivity contribution in [1.82, 2.24) is 0 Å². The molecule has 0 bridgehead atoms. The highest BCUT2D eigenvalue weighted by atomic mass is 32.2. The van der Waals surface area contributed by atoms with Crippen molar-refractivity contribution in [3.63, 3.8) is 0 Å². The van der Waals surface area contributed by atoms with E-state index < -0.39 is 0 Å². The highest BCUT2D eigenvalue weighted by molar-refractivity contribution is 8.00. The molecule has 0 spiro atoms. The minimum absolute atomic E-state index is 0.796. The third-order valence-electron chi connectivity index (χ3n) is 7.13. The van der Waals surface area contributed by atoms with Gasteiger partial charge in [0.25, 0.3) is 0 Å². The van der Waals surface area contributed by atoms with Crippen molar-refractivity contribution >= 4 is 34.9 Å². The molecule has 2 aliphatic rings. The van der Waals surface area contributed by atoms with Gasteiger partial charge in [-0.25, -0.2) is 0 Å². The van der Waals surface area contributed by atoms with E-state index in [0.29, 0.717) is 0 Å². The van der Waals surface area contributed by atoms with E-state index in [2.05, 4.69) is 67.6 Å². The quantitative estimate of drug-likeness (QED) is 0.236. The lowest BCUT2D eigenvalue weighted by molar-refractivity contribution is -0.938. The lowest BCUT2D eigenvalue weighted by atomic mass is 9.95. The van der Waals surface area contributed by atoms with E-state index >= 15 is 0 Å². The van der Waals surface area contributed by atoms with Gasteiger partial charge in [-0.15, -0.1) is 11.8 Å². The number of anilines is 2. The molecule has 0 aliphatic carbocycles. The summed E-state index contributed by atoms with van der Waals surface area (Å²) < 4.78 is 1.29. The van der Waals surface area contributed by atoms with Gasteiger partial charge in [-0.2, -0.15) is 0 Å². The largest absolute Gasteiger partial charge is 0.339 e. The van der Waals surface area contributed by atoms with Gasteiger partial charge >= 0.3 is 0 Å². The smallest absolute Gasteiger partial charge is 0.0905 e. The summed E-state index contributed by atoms with van der Waals surface area (Å²) >= 11 is 3.77. The number of quaternary nitrogens is 1. The average molecular weight is 442 g/mol. The number of hydrogen-bond donors (Lipinski definition) is 0. The van der Waals surface area contributed by atoms with E-state index in [1.165, 1.54) is 88.6 Å². The molecule has 0 N–H and O–H groups in total. The van der Waals surface area contributed by atoms with E-state index in [4.69, 9.17) is 0 Å². The normalized spacial score (nSPS) is 23.2. The van der Waals surface area contributed by atoms with Gasteiger partial charge in [0.1, 0.15) is 0 Å². The molecular weight excluding hydrogens is 404 g/mol. The molecule has 0 saturated carbocycles. The molecule has 2 heterocycles. The first-order valence-corrected chi connectivity index (χ1v) is 13.8. The van der Waals surface area contributed by atoms with E-state index in [-0.39, 0.29) is 0 Å². The summed E-state index contributed by atoms with van der Waals surface area (Å²) in [5.41, 5.74) is 2.80. The van der Waals surface area contributed by atoms with Gasteiger partial charge in [0.15, 0.2) is 0 Å². The Balaban J connectivity index is 1.56. The Morgan fingerprint density at radius 1 is 1.07 bits per heavy atom. The minimum Gasteiger partial charge on any atom is -0.339 e. The molecule has 0 aromatic heterocycles. The van der Waals surface area contributed by atoms with Crippen molar-refractivity contribution in [1.29, 1.82) is 0 Å². The maximum Gasteiger partial charge on any atom is 0.0905 e. The van der Waals surface area contributed by atoms with Crippen molar-refractivity contribution < 1.29 is 4.48 Å². The van der Waals surface area contributed by atoms with Crippen molar-refractivity contribution in [2.75, 3.05) is 37.8 Å². The molecule has 4 heteroatoms. The molecule has 2 aromatic carbocycles. The van der Waals surface area contributed by atoms with Crippen LogP contribution in [0.25, 0.3) is 0 Å². The fourth-order valence-electron chi connectivity index (χ4n) is 5.28. The first-order valence-electron chi connectivity index (χ1n) is 11.7. The Bertz CT molecular complexity index is 853. The van der Waals surface area contributed by atoms with Crippen molar-refractivity contribution in [3.8, 4) is 0 Å². The molecule has 0 amide bonds. The second-order valence-corrected chi connectivity index (χ2v) is 11.1. The second kappa shape index (κ2) is 10.0. The average Bonchev–Trinajstić information content (AvgIpc) is 2.77. The predicted molar refractivity (Wildman–Crippen MR) is 133 cm³/mol. The standard InChI is InChI=1S/C26H37N2S2/c1-4-5-9-18-28(2)19-10-8-11-21(28)16-17-27-23-12-6-7-13-25(23)30-26-15-14-22(29-3)20-24(26)27/h6-7,12-15,20-21H,4-5,8-11,16-19H2,1-3H3/q+1. The summed E-state index contributed by atoms with van der Waals surface area (Å²) in [6.45, 7) is 6.17. The molecule has 2 atom stereocenters. The van der Waals surface area contributed by atoms with Crippen LogP contribution < -0.4 is 4.90 Å². The Kier molecular flexibility index (Phi) is 7.38. The molecule has 2 unspecified atom stereocenters. The SMILES string of the molecule is CCCCC[N+]1(C)CCCCC1CCN1c2ccccc2Sc2ccc(SC)cc21. The lowest BCUT2D eigenvalue weighted by Crippen LogP contribution is -2.56. The number of fused-ring (bicyclic) bond motifs is 2. The van der Waals surface area contributed by atoms with Gasteiger partial charge in [0, 0.05) is 27.7 Å². The molecule has 30 heavy (non-hydrogen) atoms. The zero-order chi connectivity index (χ0) is 21.0. The molecule has 2 nitrogen and oxygen atoms in total. The Hall–Kier alpha value is -1.10. The van der Waals surface area contributed by atoms with Crippen LogP contribution in [-0.2, 0) is 0 Å². The molecule has 2 aliphatic heterocycles. The van der Waals surface area contributed by atoms with E-state index in [1.54, 1.807) is 0 Å². The number of unbranched alkanes of at least 4 members (excludes halogenated alkanes) is 2. The van der Waals surface area contributed by atoms with Gasteiger partial charge in [0.2, 0.25) is 0 Å². The monoisotopic (exact) mass is 441 g/mol. The maximum atomic E-state index is 2.62. The number of para-hydroxylation sites is 1. The maximum absolute atomic E-state index is 2.62. The van der Waals surface area contributed by atoms with Crippen LogP contribution in [0, 0.1) is 0 Å². The molecule has 0 radical (unpaired) electrons. The summed E-state index contributed by atoms with van der Waals surface area (Å²) in [7, 11) is 2.54. The number of likely N-dealkylation sites (tertiary alicyclic amines) is 1. The predicted octanol–water partition coefficient (Wildman–Crippen LogP) is 7.59. The second-order valence-electron chi connectivity index (χ2n) is 9.13. The van der Waals surface area contributed by atoms with Gasteiger partial charge in [-0.05, 0) is 68.7 Å². The van der Waals surface area contributed by atoms with Gasteiger partial charge in [-0.3, -0.25) is 0 Å². The molecule has 162 valence electrons. The lowest BCUT2D eigenvalue weighted by Gasteiger charge is -2.46. The Morgan fingerprint density at radius 2 is 1.90 bits per heavy atom. The van der Waals surface area contributed by atoms with Crippen molar-refractivity contribution in [3.05, 3.63) is 42.5 Å². The zero-order valence-electron chi connectivity index (χ0n) is 18.9. The Morgan fingerprint density at radius 3 is 2.73 bits per heavy atom. The van der Waals surface area contributed by atoms with Crippen LogP contribution in [0.5, 0.6) is 0 Å².